The second kappa shape index (κ2) is 5.64. The highest BCUT2D eigenvalue weighted by atomic mass is 16.5. The Labute approximate surface area is 115 Å². The molecule has 1 atom stereocenters. The summed E-state index contributed by atoms with van der Waals surface area (Å²) in [5, 5.41) is 12.2. The monoisotopic (exact) mass is 276 g/mol. The molecule has 0 aliphatic rings. The molecule has 0 spiro atoms. The van der Waals surface area contributed by atoms with Crippen LogP contribution in [0.2, 0.25) is 0 Å². The van der Waals surface area contributed by atoms with Gasteiger partial charge < -0.3 is 20.1 Å². The van der Waals surface area contributed by atoms with Crippen LogP contribution < -0.4 is 10.1 Å². The van der Waals surface area contributed by atoms with E-state index >= 15 is 0 Å². The zero-order valence-corrected chi connectivity index (χ0v) is 11.3. The number of aliphatic carboxylic acids is 1. The average Bonchev–Trinajstić information content (AvgIpc) is 2.80. The summed E-state index contributed by atoms with van der Waals surface area (Å²) in [7, 11) is 1.58. The maximum Gasteiger partial charge on any atom is 0.305 e. The summed E-state index contributed by atoms with van der Waals surface area (Å²) in [4.78, 5) is 25.6. The Morgan fingerprint density at radius 1 is 1.40 bits per heavy atom. The summed E-state index contributed by atoms with van der Waals surface area (Å²) >= 11 is 0. The fraction of sp³-hybridized carbons (Fsp3) is 0.286. The molecule has 0 saturated carbocycles. The number of fused-ring (bicyclic) bond motifs is 1. The number of aromatic amines is 1. The molecule has 1 unspecified atom stereocenters. The first-order valence-corrected chi connectivity index (χ1v) is 6.19. The quantitative estimate of drug-likeness (QED) is 0.776. The number of rotatable bonds is 5. The van der Waals surface area contributed by atoms with Crippen LogP contribution in [-0.2, 0) is 4.79 Å². The molecule has 2 aromatic rings. The molecular formula is C14H16N2O4. The van der Waals surface area contributed by atoms with E-state index in [9.17, 15) is 9.59 Å². The van der Waals surface area contributed by atoms with E-state index in [2.05, 4.69) is 10.3 Å². The normalized spacial score (nSPS) is 12.1. The van der Waals surface area contributed by atoms with Gasteiger partial charge in [-0.05, 0) is 31.2 Å². The number of benzene rings is 1. The number of aromatic nitrogens is 1. The lowest BCUT2D eigenvalue weighted by molar-refractivity contribution is -0.137. The van der Waals surface area contributed by atoms with E-state index in [0.717, 1.165) is 10.9 Å². The van der Waals surface area contributed by atoms with E-state index < -0.39 is 12.0 Å². The zero-order valence-electron chi connectivity index (χ0n) is 11.3. The van der Waals surface area contributed by atoms with Crippen molar-refractivity contribution in [1.82, 2.24) is 10.3 Å². The van der Waals surface area contributed by atoms with Gasteiger partial charge in [0.1, 0.15) is 11.4 Å². The van der Waals surface area contributed by atoms with Gasteiger partial charge in [0, 0.05) is 16.9 Å². The number of nitrogens with one attached hydrogen (secondary N) is 2. The minimum atomic E-state index is -0.945. The summed E-state index contributed by atoms with van der Waals surface area (Å²) in [6.07, 6.45) is -0.111. The maximum absolute atomic E-state index is 12.0. The van der Waals surface area contributed by atoms with E-state index in [-0.39, 0.29) is 12.3 Å². The third-order valence-corrected chi connectivity index (χ3v) is 2.93. The van der Waals surface area contributed by atoms with Gasteiger partial charge >= 0.3 is 5.97 Å². The number of hydrogen-bond acceptors (Lipinski definition) is 3. The third kappa shape index (κ3) is 3.09. The second-order valence-electron chi connectivity index (χ2n) is 4.61. The number of H-pyrrole nitrogens is 1. The second-order valence-corrected chi connectivity index (χ2v) is 4.61. The summed E-state index contributed by atoms with van der Waals surface area (Å²) < 4.78 is 5.12. The number of carbonyl (C=O) groups excluding carboxylic acids is 1. The summed E-state index contributed by atoms with van der Waals surface area (Å²) in [6, 6.07) is 6.73. The fourth-order valence-corrected chi connectivity index (χ4v) is 1.97. The largest absolute Gasteiger partial charge is 0.497 e. The van der Waals surface area contributed by atoms with Crippen LogP contribution in [0.3, 0.4) is 0 Å². The van der Waals surface area contributed by atoms with E-state index in [1.165, 1.54) is 0 Å². The molecule has 0 saturated heterocycles. The van der Waals surface area contributed by atoms with Crippen molar-refractivity contribution in [2.75, 3.05) is 7.11 Å². The minimum absolute atomic E-state index is 0.111. The summed E-state index contributed by atoms with van der Waals surface area (Å²) in [5.74, 6) is -0.559. The standard InChI is InChI=1S/C14H16N2O4/c1-8(5-13(17)18)15-14(19)12-7-9-6-10(20-2)3-4-11(9)16-12/h3-4,6-8,16H,5H2,1-2H3,(H,15,19)(H,17,18). The molecule has 20 heavy (non-hydrogen) atoms. The van der Waals surface area contributed by atoms with Crippen LogP contribution in [0.5, 0.6) is 5.75 Å². The van der Waals surface area contributed by atoms with Crippen LogP contribution in [0, 0.1) is 0 Å². The van der Waals surface area contributed by atoms with Gasteiger partial charge in [0.05, 0.1) is 13.5 Å². The van der Waals surface area contributed by atoms with Crippen LogP contribution in [-0.4, -0.2) is 35.1 Å². The van der Waals surface area contributed by atoms with E-state index in [4.69, 9.17) is 9.84 Å². The average molecular weight is 276 g/mol. The lowest BCUT2D eigenvalue weighted by atomic mass is 10.2. The van der Waals surface area contributed by atoms with Crippen LogP contribution in [0.4, 0.5) is 0 Å². The molecule has 106 valence electrons. The predicted molar refractivity (Wildman–Crippen MR) is 74.0 cm³/mol. The van der Waals surface area contributed by atoms with Gasteiger partial charge in [-0.1, -0.05) is 0 Å². The van der Waals surface area contributed by atoms with Gasteiger partial charge in [0.2, 0.25) is 0 Å². The molecule has 1 aromatic heterocycles. The Kier molecular flexibility index (Phi) is 3.93. The predicted octanol–water partition coefficient (Wildman–Crippen LogP) is 1.77. The zero-order chi connectivity index (χ0) is 14.7. The van der Waals surface area contributed by atoms with Crippen molar-refractivity contribution >= 4 is 22.8 Å². The van der Waals surface area contributed by atoms with Gasteiger partial charge in [0.25, 0.3) is 5.91 Å². The van der Waals surface area contributed by atoms with Crippen LogP contribution in [0.1, 0.15) is 23.8 Å². The highest BCUT2D eigenvalue weighted by Crippen LogP contribution is 2.21. The van der Waals surface area contributed by atoms with Gasteiger partial charge in [-0.3, -0.25) is 9.59 Å². The lowest BCUT2D eigenvalue weighted by Crippen LogP contribution is -2.34. The summed E-state index contributed by atoms with van der Waals surface area (Å²) in [6.45, 7) is 1.65. The van der Waals surface area contributed by atoms with Crippen LogP contribution in [0.15, 0.2) is 24.3 Å². The van der Waals surface area contributed by atoms with Gasteiger partial charge in [-0.15, -0.1) is 0 Å². The maximum atomic E-state index is 12.0. The fourth-order valence-electron chi connectivity index (χ4n) is 1.97. The SMILES string of the molecule is COc1ccc2[nH]c(C(=O)NC(C)CC(=O)O)cc2c1. The van der Waals surface area contributed by atoms with Gasteiger partial charge in [0.15, 0.2) is 0 Å². The molecule has 0 aliphatic heterocycles. The number of carbonyl (C=O) groups is 2. The number of amides is 1. The Balaban J connectivity index is 2.16. The molecule has 0 radical (unpaired) electrons. The number of carboxylic acid groups (broad SMARTS) is 1. The molecule has 1 aromatic carbocycles. The van der Waals surface area contributed by atoms with Crippen molar-refractivity contribution < 1.29 is 19.4 Å². The molecule has 3 N–H and O–H groups in total. The Morgan fingerprint density at radius 2 is 2.15 bits per heavy atom. The molecule has 6 nitrogen and oxygen atoms in total. The van der Waals surface area contributed by atoms with E-state index in [0.29, 0.717) is 11.4 Å². The molecular weight excluding hydrogens is 260 g/mol. The molecule has 2 rings (SSSR count). The summed E-state index contributed by atoms with van der Waals surface area (Å²) in [5.41, 5.74) is 1.22. The van der Waals surface area contributed by atoms with E-state index in [1.54, 1.807) is 26.2 Å². The van der Waals surface area contributed by atoms with Crippen molar-refractivity contribution in [3.05, 3.63) is 30.0 Å². The van der Waals surface area contributed by atoms with Crippen molar-refractivity contribution in [2.45, 2.75) is 19.4 Å². The molecule has 0 fully saturated rings. The van der Waals surface area contributed by atoms with Crippen LogP contribution >= 0.6 is 0 Å². The first kappa shape index (κ1) is 13.9. The molecule has 1 heterocycles. The van der Waals surface area contributed by atoms with E-state index in [1.807, 2.05) is 12.1 Å². The van der Waals surface area contributed by atoms with Gasteiger partial charge in [-0.25, -0.2) is 0 Å². The molecule has 1 amide bonds. The van der Waals surface area contributed by atoms with Crippen molar-refractivity contribution in [3.8, 4) is 5.75 Å². The minimum Gasteiger partial charge on any atom is -0.497 e. The number of ether oxygens (including phenoxy) is 1. The molecule has 6 heteroatoms. The highest BCUT2D eigenvalue weighted by molar-refractivity contribution is 5.98. The Morgan fingerprint density at radius 3 is 2.80 bits per heavy atom. The van der Waals surface area contributed by atoms with Crippen molar-refractivity contribution in [2.24, 2.45) is 0 Å². The van der Waals surface area contributed by atoms with Crippen LogP contribution in [0.25, 0.3) is 10.9 Å². The molecule has 0 bridgehead atoms. The van der Waals surface area contributed by atoms with Crippen molar-refractivity contribution in [1.29, 1.82) is 0 Å². The topological polar surface area (TPSA) is 91.4 Å². The third-order valence-electron chi connectivity index (χ3n) is 2.93. The number of methoxy groups -OCH3 is 1. The lowest BCUT2D eigenvalue weighted by Gasteiger charge is -2.10. The number of carboxylic acids is 1. The first-order valence-electron chi connectivity index (χ1n) is 6.19. The Hall–Kier alpha value is -2.50. The number of hydrogen-bond donors (Lipinski definition) is 3. The molecule has 0 aliphatic carbocycles. The highest BCUT2D eigenvalue weighted by Gasteiger charge is 2.14. The smallest absolute Gasteiger partial charge is 0.305 e. The van der Waals surface area contributed by atoms with Crippen molar-refractivity contribution in [3.63, 3.8) is 0 Å². The first-order chi connectivity index (χ1) is 9.49. The Bertz CT molecular complexity index is 648. The van der Waals surface area contributed by atoms with Gasteiger partial charge in [-0.2, -0.15) is 0 Å².